The van der Waals surface area contributed by atoms with E-state index in [1.54, 1.807) is 11.1 Å². The van der Waals surface area contributed by atoms with Crippen molar-refractivity contribution in [3.63, 3.8) is 0 Å². The molecule has 2 aliphatic rings. The van der Waals surface area contributed by atoms with Crippen molar-refractivity contribution < 1.29 is 4.52 Å². The number of halogens is 1. The van der Waals surface area contributed by atoms with Gasteiger partial charge in [-0.1, -0.05) is 43.3 Å². The maximum atomic E-state index is 5.46. The summed E-state index contributed by atoms with van der Waals surface area (Å²) >= 11 is 0. The molecule has 3 unspecified atom stereocenters. The molecule has 1 fully saturated rings. The highest BCUT2D eigenvalue weighted by atomic mass is 127. The minimum Gasteiger partial charge on any atom is -0.361 e. The lowest BCUT2D eigenvalue weighted by Gasteiger charge is -2.13. The zero-order chi connectivity index (χ0) is 18.8. The van der Waals surface area contributed by atoms with E-state index in [-0.39, 0.29) is 24.0 Å². The molecular formula is C22H31IN4O. The van der Waals surface area contributed by atoms with Crippen LogP contribution in [-0.4, -0.2) is 24.2 Å². The van der Waals surface area contributed by atoms with Crippen LogP contribution in [-0.2, 0) is 25.8 Å². The first-order valence-corrected chi connectivity index (χ1v) is 10.3. The predicted molar refractivity (Wildman–Crippen MR) is 123 cm³/mol. The van der Waals surface area contributed by atoms with Gasteiger partial charge in [-0.2, -0.15) is 0 Å². The first-order chi connectivity index (χ1) is 13.3. The maximum absolute atomic E-state index is 5.46. The van der Waals surface area contributed by atoms with E-state index in [4.69, 9.17) is 9.52 Å². The molecule has 4 rings (SSSR count). The maximum Gasteiger partial charge on any atom is 0.191 e. The van der Waals surface area contributed by atoms with Crippen molar-refractivity contribution in [1.82, 2.24) is 15.8 Å². The molecule has 6 heteroatoms. The number of nitrogens with zero attached hydrogens (tertiary/aromatic N) is 2. The number of aliphatic imine (C=N–C) groups is 1. The van der Waals surface area contributed by atoms with Crippen molar-refractivity contribution in [3.8, 4) is 0 Å². The van der Waals surface area contributed by atoms with Gasteiger partial charge in [0.2, 0.25) is 0 Å². The fourth-order valence-corrected chi connectivity index (χ4v) is 4.59. The van der Waals surface area contributed by atoms with E-state index >= 15 is 0 Å². The Balaban J connectivity index is 0.00000225. The van der Waals surface area contributed by atoms with E-state index < -0.39 is 0 Å². The van der Waals surface area contributed by atoms with Crippen LogP contribution in [0.4, 0.5) is 0 Å². The second-order valence-electron chi connectivity index (χ2n) is 7.57. The summed E-state index contributed by atoms with van der Waals surface area (Å²) in [6.45, 7) is 8.77. The number of fused-ring (bicyclic) bond motifs is 3. The number of nitrogens with one attached hydrogen (secondary N) is 2. The number of rotatable bonds is 7. The average Bonchev–Trinajstić information content (AvgIpc) is 3.04. The molecule has 5 nitrogen and oxygen atoms in total. The zero-order valence-corrected chi connectivity index (χ0v) is 19.3. The standard InChI is InChI=1S/C22H30N4O.HI/c1-4-19-18(20(5-2)27-26-19)13-25-22(23-6-3)24-12-17-16-11-14-9-7-8-10-15(14)21(16)17;/h7-10,16-17,21H,4-6,11-13H2,1-3H3,(H2,23,24,25);1H. The fourth-order valence-electron chi connectivity index (χ4n) is 4.59. The molecule has 2 aromatic rings. The first kappa shape index (κ1) is 21.1. The Morgan fingerprint density at radius 2 is 2.00 bits per heavy atom. The van der Waals surface area contributed by atoms with Crippen molar-refractivity contribution in [2.45, 2.75) is 52.5 Å². The molecule has 28 heavy (non-hydrogen) atoms. The van der Waals surface area contributed by atoms with Gasteiger partial charge in [-0.05, 0) is 48.6 Å². The van der Waals surface area contributed by atoms with Gasteiger partial charge in [-0.25, -0.2) is 4.99 Å². The summed E-state index contributed by atoms with van der Waals surface area (Å²) in [7, 11) is 0. The third-order valence-corrected chi connectivity index (χ3v) is 6.05. The van der Waals surface area contributed by atoms with Crippen LogP contribution in [0.1, 0.15) is 54.8 Å². The van der Waals surface area contributed by atoms with E-state index in [2.05, 4.69) is 60.8 Å². The van der Waals surface area contributed by atoms with Gasteiger partial charge in [0.15, 0.2) is 5.96 Å². The molecule has 2 N–H and O–H groups in total. The zero-order valence-electron chi connectivity index (χ0n) is 17.0. The smallest absolute Gasteiger partial charge is 0.191 e. The van der Waals surface area contributed by atoms with Gasteiger partial charge in [0.05, 0.1) is 12.2 Å². The van der Waals surface area contributed by atoms with Crippen molar-refractivity contribution in [2.75, 3.05) is 13.1 Å². The summed E-state index contributed by atoms with van der Waals surface area (Å²) in [6.07, 6.45) is 2.97. The largest absolute Gasteiger partial charge is 0.361 e. The molecule has 0 bridgehead atoms. The molecular weight excluding hydrogens is 463 g/mol. The van der Waals surface area contributed by atoms with Crippen LogP contribution >= 0.6 is 24.0 Å². The van der Waals surface area contributed by atoms with E-state index in [9.17, 15) is 0 Å². The molecule has 0 radical (unpaired) electrons. The molecule has 1 heterocycles. The van der Waals surface area contributed by atoms with Gasteiger partial charge < -0.3 is 15.2 Å². The SMILES string of the molecule is CCNC(=NCc1c(CC)noc1CC)NCC1C2Cc3ccccc3C12.I. The molecule has 1 aromatic carbocycles. The molecule has 1 aromatic heterocycles. The average molecular weight is 494 g/mol. The summed E-state index contributed by atoms with van der Waals surface area (Å²) in [5, 5.41) is 11.1. The topological polar surface area (TPSA) is 62.5 Å². The quantitative estimate of drug-likeness (QED) is 0.346. The van der Waals surface area contributed by atoms with Crippen LogP contribution in [0.3, 0.4) is 0 Å². The fraction of sp³-hybridized carbons (Fsp3) is 0.545. The Hall–Kier alpha value is -1.57. The van der Waals surface area contributed by atoms with Crippen molar-refractivity contribution >= 4 is 29.9 Å². The van der Waals surface area contributed by atoms with Crippen molar-refractivity contribution in [3.05, 3.63) is 52.4 Å². The van der Waals surface area contributed by atoms with Crippen LogP contribution < -0.4 is 10.6 Å². The number of guanidine groups is 1. The van der Waals surface area contributed by atoms with E-state index in [0.717, 1.165) is 66.7 Å². The van der Waals surface area contributed by atoms with Gasteiger partial charge in [0.25, 0.3) is 0 Å². The highest BCUT2D eigenvalue weighted by Gasteiger charge is 2.54. The van der Waals surface area contributed by atoms with Crippen LogP contribution in [0.2, 0.25) is 0 Å². The molecule has 3 atom stereocenters. The monoisotopic (exact) mass is 494 g/mol. The highest BCUT2D eigenvalue weighted by molar-refractivity contribution is 14.0. The Bertz CT molecular complexity index is 810. The molecule has 0 amide bonds. The molecule has 2 aliphatic carbocycles. The minimum atomic E-state index is 0. The minimum absolute atomic E-state index is 0. The second kappa shape index (κ2) is 9.29. The summed E-state index contributed by atoms with van der Waals surface area (Å²) in [4.78, 5) is 4.81. The molecule has 0 saturated heterocycles. The lowest BCUT2D eigenvalue weighted by atomic mass is 10.0. The molecule has 0 aliphatic heterocycles. The number of hydrogen-bond donors (Lipinski definition) is 2. The van der Waals surface area contributed by atoms with Gasteiger partial charge in [0, 0.05) is 25.1 Å². The summed E-state index contributed by atoms with van der Waals surface area (Å²) in [6, 6.07) is 8.93. The number of aryl methyl sites for hydroxylation is 2. The van der Waals surface area contributed by atoms with Crippen LogP contribution in [0.25, 0.3) is 0 Å². The molecule has 152 valence electrons. The van der Waals surface area contributed by atoms with Gasteiger partial charge in [-0.15, -0.1) is 24.0 Å². The van der Waals surface area contributed by atoms with Crippen molar-refractivity contribution in [2.24, 2.45) is 16.8 Å². The third-order valence-electron chi connectivity index (χ3n) is 6.05. The highest BCUT2D eigenvalue weighted by Crippen LogP contribution is 2.60. The molecule has 1 saturated carbocycles. The number of benzene rings is 1. The Kier molecular flexibility index (Phi) is 7.01. The van der Waals surface area contributed by atoms with E-state index in [0.29, 0.717) is 6.54 Å². The Morgan fingerprint density at radius 1 is 1.18 bits per heavy atom. The van der Waals surface area contributed by atoms with E-state index in [1.165, 1.54) is 6.42 Å². The van der Waals surface area contributed by atoms with Gasteiger partial charge in [0.1, 0.15) is 5.76 Å². The van der Waals surface area contributed by atoms with E-state index in [1.807, 2.05) is 0 Å². The predicted octanol–water partition coefficient (Wildman–Crippen LogP) is 4.06. The lowest BCUT2D eigenvalue weighted by molar-refractivity contribution is 0.380. The summed E-state index contributed by atoms with van der Waals surface area (Å²) < 4.78 is 5.46. The third kappa shape index (κ3) is 4.07. The van der Waals surface area contributed by atoms with Crippen molar-refractivity contribution in [1.29, 1.82) is 0 Å². The Morgan fingerprint density at radius 3 is 2.75 bits per heavy atom. The van der Waals surface area contributed by atoms with Crippen LogP contribution in [0, 0.1) is 11.8 Å². The van der Waals surface area contributed by atoms with Crippen LogP contribution in [0.5, 0.6) is 0 Å². The molecule has 0 spiro atoms. The van der Waals surface area contributed by atoms with Crippen LogP contribution in [0.15, 0.2) is 33.8 Å². The summed E-state index contributed by atoms with van der Waals surface area (Å²) in [5.74, 6) is 4.14. The second-order valence-corrected chi connectivity index (χ2v) is 7.57. The number of aromatic nitrogens is 1. The summed E-state index contributed by atoms with van der Waals surface area (Å²) in [5.41, 5.74) is 5.30. The van der Waals surface area contributed by atoms with Gasteiger partial charge >= 0.3 is 0 Å². The lowest BCUT2D eigenvalue weighted by Crippen LogP contribution is -2.38. The number of hydrogen-bond acceptors (Lipinski definition) is 3. The Labute approximate surface area is 184 Å². The first-order valence-electron chi connectivity index (χ1n) is 10.3. The normalized spacial score (nSPS) is 22.2. The van der Waals surface area contributed by atoms with Gasteiger partial charge in [-0.3, -0.25) is 0 Å².